The van der Waals surface area contributed by atoms with Crippen LogP contribution in [0.25, 0.3) is 0 Å². The summed E-state index contributed by atoms with van der Waals surface area (Å²) in [7, 11) is -4.20. The van der Waals surface area contributed by atoms with Crippen molar-refractivity contribution in [3.8, 4) is 0 Å². The Morgan fingerprint density at radius 3 is 2.14 bits per heavy atom. The minimum Gasteiger partial charge on any atom is -0.282 e. The molecule has 21 heavy (non-hydrogen) atoms. The summed E-state index contributed by atoms with van der Waals surface area (Å²) in [5, 5.41) is 0. The van der Waals surface area contributed by atoms with Crippen molar-refractivity contribution in [2.24, 2.45) is 17.3 Å². The van der Waals surface area contributed by atoms with Gasteiger partial charge in [-0.25, -0.2) is 0 Å². The average molecular weight is 314 g/mol. The van der Waals surface area contributed by atoms with Gasteiger partial charge in [-0.3, -0.25) is 4.55 Å². The molecule has 4 heteroatoms. The molecule has 0 spiro atoms. The summed E-state index contributed by atoms with van der Waals surface area (Å²) in [5.41, 5.74) is 1.22. The minimum absolute atomic E-state index is 0.101. The highest BCUT2D eigenvalue weighted by molar-refractivity contribution is 7.90. The first kappa shape index (κ1) is 20.1. The van der Waals surface area contributed by atoms with E-state index in [4.69, 9.17) is 4.55 Å². The van der Waals surface area contributed by atoms with Crippen LogP contribution in [-0.4, -0.2) is 13.0 Å². The highest BCUT2D eigenvalue weighted by Crippen LogP contribution is 2.37. The van der Waals surface area contributed by atoms with Gasteiger partial charge in [-0.15, -0.1) is 0 Å². The first-order chi connectivity index (χ1) is 9.43. The molecule has 0 aromatic rings. The molecule has 0 aliphatic carbocycles. The topological polar surface area (TPSA) is 54.4 Å². The summed E-state index contributed by atoms with van der Waals surface area (Å²) in [5.74, 6) is 0.971. The first-order valence-corrected chi connectivity index (χ1v) is 8.85. The van der Waals surface area contributed by atoms with E-state index in [2.05, 4.69) is 41.2 Å². The zero-order chi connectivity index (χ0) is 16.8. The second kappa shape index (κ2) is 7.95. The Morgan fingerprint density at radius 2 is 1.81 bits per heavy atom. The molecule has 0 radical (unpaired) electrons. The molecule has 2 unspecified atom stereocenters. The third-order valence-electron chi connectivity index (χ3n) is 3.94. The molecular formula is C17H30O3S. The van der Waals surface area contributed by atoms with Gasteiger partial charge in [0, 0.05) is 0 Å². The van der Waals surface area contributed by atoms with E-state index in [1.165, 1.54) is 6.08 Å². The van der Waals surface area contributed by atoms with Crippen LogP contribution in [0.1, 0.15) is 54.4 Å². The van der Waals surface area contributed by atoms with Crippen molar-refractivity contribution >= 4 is 10.1 Å². The Balaban J connectivity index is 5.48. The van der Waals surface area contributed by atoms with Gasteiger partial charge in [0.15, 0.2) is 0 Å². The van der Waals surface area contributed by atoms with Crippen LogP contribution in [0, 0.1) is 17.3 Å². The van der Waals surface area contributed by atoms with Gasteiger partial charge >= 0.3 is 0 Å². The molecule has 0 rings (SSSR count). The van der Waals surface area contributed by atoms with Crippen molar-refractivity contribution in [1.82, 2.24) is 0 Å². The molecule has 0 fully saturated rings. The highest BCUT2D eigenvalue weighted by Gasteiger charge is 2.27. The van der Waals surface area contributed by atoms with E-state index in [-0.39, 0.29) is 10.3 Å². The van der Waals surface area contributed by atoms with Crippen molar-refractivity contribution in [3.63, 3.8) is 0 Å². The van der Waals surface area contributed by atoms with Crippen LogP contribution >= 0.6 is 0 Å². The normalized spacial score (nSPS) is 17.5. The molecule has 0 aromatic heterocycles. The van der Waals surface area contributed by atoms with Gasteiger partial charge in [-0.05, 0) is 42.7 Å². The van der Waals surface area contributed by atoms with Gasteiger partial charge in [0.25, 0.3) is 10.1 Å². The fraction of sp³-hybridized carbons (Fsp3) is 0.647. The molecule has 0 aromatic carbocycles. The van der Waals surface area contributed by atoms with Crippen LogP contribution in [0.15, 0.2) is 35.3 Å². The van der Waals surface area contributed by atoms with Crippen LogP contribution in [-0.2, 0) is 10.1 Å². The molecule has 0 bridgehead atoms. The summed E-state index contributed by atoms with van der Waals surface area (Å²) < 4.78 is 31.4. The van der Waals surface area contributed by atoms with Crippen molar-refractivity contribution < 1.29 is 13.0 Å². The van der Waals surface area contributed by atoms with Crippen molar-refractivity contribution in [2.75, 3.05) is 0 Å². The molecule has 0 saturated carbocycles. The Hall–Kier alpha value is -0.870. The molecule has 2 atom stereocenters. The zero-order valence-corrected chi connectivity index (χ0v) is 15.0. The van der Waals surface area contributed by atoms with Crippen molar-refractivity contribution in [2.45, 2.75) is 54.4 Å². The largest absolute Gasteiger partial charge is 0.294 e. The van der Waals surface area contributed by atoms with Crippen LogP contribution in [0.2, 0.25) is 0 Å². The number of rotatable bonds is 7. The summed E-state index contributed by atoms with van der Waals surface area (Å²) in [6.07, 6.45) is 6.54. The SMILES string of the molecule is C=C/C(=C\C=C(/C)C(CC(C)CC)C(C)(C)C)S(=O)(=O)O. The summed E-state index contributed by atoms with van der Waals surface area (Å²) in [6.45, 7) is 16.4. The van der Waals surface area contributed by atoms with E-state index in [0.717, 1.165) is 24.5 Å². The van der Waals surface area contributed by atoms with E-state index < -0.39 is 10.1 Å². The molecule has 0 aliphatic rings. The first-order valence-electron chi connectivity index (χ1n) is 7.41. The molecule has 122 valence electrons. The van der Waals surface area contributed by atoms with Gasteiger partial charge in [0.2, 0.25) is 0 Å². The fourth-order valence-corrected chi connectivity index (χ4v) is 2.83. The van der Waals surface area contributed by atoms with Gasteiger partial charge < -0.3 is 0 Å². The summed E-state index contributed by atoms with van der Waals surface area (Å²) >= 11 is 0. The lowest BCUT2D eigenvalue weighted by Gasteiger charge is -2.33. The maximum atomic E-state index is 11.2. The summed E-state index contributed by atoms with van der Waals surface area (Å²) in [4.78, 5) is -0.168. The lowest BCUT2D eigenvalue weighted by atomic mass is 9.72. The Morgan fingerprint density at radius 1 is 1.29 bits per heavy atom. The number of allylic oxidation sites excluding steroid dienone is 4. The molecule has 0 saturated heterocycles. The van der Waals surface area contributed by atoms with E-state index >= 15 is 0 Å². The third kappa shape index (κ3) is 7.09. The predicted octanol–water partition coefficient (Wildman–Crippen LogP) is 4.99. The van der Waals surface area contributed by atoms with Crippen LogP contribution < -0.4 is 0 Å². The molecule has 0 heterocycles. The maximum absolute atomic E-state index is 11.2. The van der Waals surface area contributed by atoms with E-state index in [0.29, 0.717) is 11.8 Å². The highest BCUT2D eigenvalue weighted by atomic mass is 32.2. The second-order valence-corrected chi connectivity index (χ2v) is 8.25. The van der Waals surface area contributed by atoms with Gasteiger partial charge in [0.05, 0.1) is 4.91 Å². The molecular weight excluding hydrogens is 284 g/mol. The monoisotopic (exact) mass is 314 g/mol. The molecule has 0 amide bonds. The standard InChI is InChI=1S/C17H30O3S/c1-8-13(3)12-16(17(5,6)7)14(4)10-11-15(9-2)21(18,19)20/h9-11,13,16H,2,8,12H2,1,3-7H3,(H,18,19,20)/b14-10+,15-11+. The molecule has 1 N–H and O–H groups in total. The number of hydrogen-bond acceptors (Lipinski definition) is 2. The average Bonchev–Trinajstić information content (AvgIpc) is 2.32. The number of hydrogen-bond donors (Lipinski definition) is 1. The van der Waals surface area contributed by atoms with Crippen molar-refractivity contribution in [3.05, 3.63) is 35.3 Å². The van der Waals surface area contributed by atoms with Crippen LogP contribution in [0.5, 0.6) is 0 Å². The Bertz CT molecular complexity index is 505. The Kier molecular flexibility index (Phi) is 7.62. The van der Waals surface area contributed by atoms with Gasteiger partial charge in [-0.2, -0.15) is 8.42 Å². The smallest absolute Gasteiger partial charge is 0.282 e. The predicted molar refractivity (Wildman–Crippen MR) is 90.6 cm³/mol. The Labute approximate surface area is 130 Å². The lowest BCUT2D eigenvalue weighted by molar-refractivity contribution is 0.233. The second-order valence-electron chi connectivity index (χ2n) is 6.83. The summed E-state index contributed by atoms with van der Waals surface area (Å²) in [6, 6.07) is 0. The maximum Gasteiger partial charge on any atom is 0.294 e. The van der Waals surface area contributed by atoms with Crippen LogP contribution in [0.3, 0.4) is 0 Å². The lowest BCUT2D eigenvalue weighted by Crippen LogP contribution is -2.23. The minimum atomic E-state index is -4.20. The van der Waals surface area contributed by atoms with Crippen LogP contribution in [0.4, 0.5) is 0 Å². The van der Waals surface area contributed by atoms with E-state index in [1.54, 1.807) is 6.08 Å². The van der Waals surface area contributed by atoms with Crippen molar-refractivity contribution in [1.29, 1.82) is 0 Å². The van der Waals surface area contributed by atoms with Gasteiger partial charge in [-0.1, -0.05) is 59.3 Å². The quantitative estimate of drug-likeness (QED) is 0.532. The molecule has 3 nitrogen and oxygen atoms in total. The van der Waals surface area contributed by atoms with E-state index in [9.17, 15) is 8.42 Å². The fourth-order valence-electron chi connectivity index (χ4n) is 2.38. The molecule has 0 aliphatic heterocycles. The zero-order valence-electron chi connectivity index (χ0n) is 14.2. The van der Waals surface area contributed by atoms with Gasteiger partial charge in [0.1, 0.15) is 0 Å². The third-order valence-corrected chi connectivity index (χ3v) is 4.84. The van der Waals surface area contributed by atoms with E-state index in [1.807, 2.05) is 6.92 Å².